The molecule has 0 spiro atoms. The minimum Gasteiger partial charge on any atom is -0.466 e. The van der Waals surface area contributed by atoms with Crippen LogP contribution in [0.25, 0.3) is 0 Å². The van der Waals surface area contributed by atoms with Crippen LogP contribution in [0.1, 0.15) is 59.1 Å². The summed E-state index contributed by atoms with van der Waals surface area (Å²) in [5.74, 6) is -0.684. The van der Waals surface area contributed by atoms with Gasteiger partial charge in [-0.05, 0) is 39.7 Å². The highest BCUT2D eigenvalue weighted by atomic mass is 16.6. The topological polar surface area (TPSA) is 64.6 Å². The highest BCUT2D eigenvalue weighted by Crippen LogP contribution is 2.20. The molecule has 25 heavy (non-hydrogen) atoms. The Morgan fingerprint density at radius 3 is 2.32 bits per heavy atom. The summed E-state index contributed by atoms with van der Waals surface area (Å²) in [5.41, 5.74) is 1.13. The summed E-state index contributed by atoms with van der Waals surface area (Å²) in [5, 5.41) is 3.29. The predicted molar refractivity (Wildman–Crippen MR) is 97.8 cm³/mol. The van der Waals surface area contributed by atoms with E-state index in [1.807, 2.05) is 58.0 Å². The maximum absolute atomic E-state index is 12.0. The molecule has 0 aromatic heterocycles. The zero-order valence-corrected chi connectivity index (χ0v) is 15.8. The van der Waals surface area contributed by atoms with Crippen LogP contribution in [-0.4, -0.2) is 24.1 Å². The van der Waals surface area contributed by atoms with E-state index in [0.717, 1.165) is 5.56 Å². The molecule has 1 aromatic rings. The largest absolute Gasteiger partial charge is 0.466 e. The molecule has 5 nitrogen and oxygen atoms in total. The van der Waals surface area contributed by atoms with Crippen LogP contribution in [0.5, 0.6) is 0 Å². The van der Waals surface area contributed by atoms with E-state index >= 15 is 0 Å². The van der Waals surface area contributed by atoms with Gasteiger partial charge in [0.15, 0.2) is 0 Å². The van der Waals surface area contributed by atoms with E-state index in [9.17, 15) is 9.59 Å². The van der Waals surface area contributed by atoms with Crippen molar-refractivity contribution in [3.63, 3.8) is 0 Å². The van der Waals surface area contributed by atoms with Crippen molar-refractivity contribution in [1.82, 2.24) is 5.32 Å². The van der Waals surface area contributed by atoms with Crippen molar-refractivity contribution in [2.24, 2.45) is 0 Å². The molecule has 0 bridgehead atoms. The summed E-state index contributed by atoms with van der Waals surface area (Å²) in [4.78, 5) is 24.0. The highest BCUT2D eigenvalue weighted by molar-refractivity contribution is 5.83. The normalized spacial score (nSPS) is 13.1. The van der Waals surface area contributed by atoms with Gasteiger partial charge in [-0.1, -0.05) is 37.3 Å². The van der Waals surface area contributed by atoms with Gasteiger partial charge in [0.05, 0.1) is 19.1 Å². The fraction of sp³-hybridized carbons (Fsp3) is 0.500. The van der Waals surface area contributed by atoms with Crippen LogP contribution in [-0.2, 0) is 19.1 Å². The highest BCUT2D eigenvalue weighted by Gasteiger charge is 2.19. The average Bonchev–Trinajstić information content (AvgIpc) is 2.52. The standard InChI is InChI=1S/C20H29NO4/c1-6-16(13-19(23)25-20(3,4)5)21-17(14-18(22)24-7-2)15-11-9-8-10-12-15/h8-13,17,21H,6-7,14H2,1-5H3/b16-13+. The minimum atomic E-state index is -0.545. The molecule has 0 amide bonds. The van der Waals surface area contributed by atoms with E-state index < -0.39 is 11.6 Å². The van der Waals surface area contributed by atoms with Gasteiger partial charge >= 0.3 is 11.9 Å². The number of allylic oxidation sites excluding steroid dienone is 1. The molecule has 138 valence electrons. The lowest BCUT2D eigenvalue weighted by molar-refractivity contribution is -0.148. The van der Waals surface area contributed by atoms with Gasteiger partial charge < -0.3 is 14.8 Å². The number of carbonyl (C=O) groups excluding carboxylic acids is 2. The van der Waals surface area contributed by atoms with Crippen LogP contribution in [0.4, 0.5) is 0 Å². The Labute approximate surface area is 150 Å². The quantitative estimate of drug-likeness (QED) is 0.570. The smallest absolute Gasteiger partial charge is 0.333 e. The molecule has 0 aliphatic carbocycles. The molecule has 1 aromatic carbocycles. The fourth-order valence-electron chi connectivity index (χ4n) is 2.27. The van der Waals surface area contributed by atoms with Gasteiger partial charge in [0, 0.05) is 11.8 Å². The van der Waals surface area contributed by atoms with E-state index in [4.69, 9.17) is 9.47 Å². The van der Waals surface area contributed by atoms with Crippen LogP contribution in [0.3, 0.4) is 0 Å². The number of hydrogen-bond acceptors (Lipinski definition) is 5. The first-order valence-corrected chi connectivity index (χ1v) is 8.65. The molecule has 5 heteroatoms. The molecule has 1 rings (SSSR count). The third kappa shape index (κ3) is 8.38. The maximum Gasteiger partial charge on any atom is 0.333 e. The van der Waals surface area contributed by atoms with E-state index in [2.05, 4.69) is 5.32 Å². The minimum absolute atomic E-state index is 0.184. The number of rotatable bonds is 8. The van der Waals surface area contributed by atoms with Crippen molar-refractivity contribution in [1.29, 1.82) is 0 Å². The monoisotopic (exact) mass is 347 g/mol. The predicted octanol–water partition coefficient (Wildman–Crippen LogP) is 3.91. The summed E-state index contributed by atoms with van der Waals surface area (Å²) in [7, 11) is 0. The molecule has 0 fully saturated rings. The summed E-state index contributed by atoms with van der Waals surface area (Å²) < 4.78 is 10.4. The van der Waals surface area contributed by atoms with Crippen molar-refractivity contribution in [3.8, 4) is 0 Å². The fourth-order valence-corrected chi connectivity index (χ4v) is 2.27. The maximum atomic E-state index is 12.0. The van der Waals surface area contributed by atoms with Crippen LogP contribution >= 0.6 is 0 Å². The Morgan fingerprint density at radius 2 is 1.80 bits per heavy atom. The summed E-state index contributed by atoms with van der Waals surface area (Å²) >= 11 is 0. The molecule has 0 heterocycles. The molecule has 0 radical (unpaired) electrons. The zero-order valence-electron chi connectivity index (χ0n) is 15.8. The van der Waals surface area contributed by atoms with Crippen molar-refractivity contribution in [3.05, 3.63) is 47.7 Å². The second-order valence-corrected chi connectivity index (χ2v) is 6.67. The van der Waals surface area contributed by atoms with Gasteiger partial charge in [0.25, 0.3) is 0 Å². The molecule has 1 N–H and O–H groups in total. The second-order valence-electron chi connectivity index (χ2n) is 6.67. The Balaban J connectivity index is 2.93. The van der Waals surface area contributed by atoms with Gasteiger partial charge in [0.2, 0.25) is 0 Å². The lowest BCUT2D eigenvalue weighted by atomic mass is 10.0. The molecular weight excluding hydrogens is 318 g/mol. The number of esters is 2. The van der Waals surface area contributed by atoms with Gasteiger partial charge in [-0.15, -0.1) is 0 Å². The van der Waals surface area contributed by atoms with E-state index in [-0.39, 0.29) is 18.4 Å². The molecule has 0 aliphatic heterocycles. The summed E-state index contributed by atoms with van der Waals surface area (Å²) in [6.45, 7) is 9.54. The molecule has 1 atom stereocenters. The molecule has 0 saturated heterocycles. The molecule has 0 saturated carbocycles. The van der Waals surface area contributed by atoms with Crippen LogP contribution in [0, 0.1) is 0 Å². The number of ether oxygens (including phenoxy) is 2. The van der Waals surface area contributed by atoms with Gasteiger partial charge in [-0.2, -0.15) is 0 Å². The number of hydrogen-bond donors (Lipinski definition) is 1. The number of benzene rings is 1. The Morgan fingerprint density at radius 1 is 1.16 bits per heavy atom. The second kappa shape index (κ2) is 9.87. The van der Waals surface area contributed by atoms with Gasteiger partial charge in [-0.3, -0.25) is 4.79 Å². The summed E-state index contributed by atoms with van der Waals surface area (Å²) in [6, 6.07) is 9.36. The van der Waals surface area contributed by atoms with Gasteiger partial charge in [-0.25, -0.2) is 4.79 Å². The first-order chi connectivity index (χ1) is 11.7. The third-order valence-electron chi connectivity index (χ3n) is 3.32. The molecule has 1 unspecified atom stereocenters. The Hall–Kier alpha value is -2.30. The zero-order chi connectivity index (χ0) is 18.9. The Kier molecular flexibility index (Phi) is 8.19. The first-order valence-electron chi connectivity index (χ1n) is 8.65. The average molecular weight is 347 g/mol. The summed E-state index contributed by atoms with van der Waals surface area (Å²) in [6.07, 6.45) is 2.25. The van der Waals surface area contributed by atoms with Gasteiger partial charge in [0.1, 0.15) is 5.60 Å². The van der Waals surface area contributed by atoms with E-state index in [0.29, 0.717) is 18.7 Å². The molecule has 0 aliphatic rings. The lowest BCUT2D eigenvalue weighted by Crippen LogP contribution is -2.26. The van der Waals surface area contributed by atoms with Crippen LogP contribution in [0.2, 0.25) is 0 Å². The van der Waals surface area contributed by atoms with Crippen molar-refractivity contribution < 1.29 is 19.1 Å². The third-order valence-corrected chi connectivity index (χ3v) is 3.32. The van der Waals surface area contributed by atoms with Crippen molar-refractivity contribution >= 4 is 11.9 Å². The van der Waals surface area contributed by atoms with Crippen molar-refractivity contribution in [2.75, 3.05) is 6.61 Å². The Bertz CT molecular complexity index is 587. The number of nitrogens with one attached hydrogen (secondary N) is 1. The lowest BCUT2D eigenvalue weighted by Gasteiger charge is -2.22. The molecular formula is C20H29NO4. The number of carbonyl (C=O) groups is 2. The van der Waals surface area contributed by atoms with Crippen molar-refractivity contribution in [2.45, 2.75) is 59.1 Å². The van der Waals surface area contributed by atoms with Crippen LogP contribution in [0.15, 0.2) is 42.1 Å². The first kappa shape index (κ1) is 20.7. The van der Waals surface area contributed by atoms with E-state index in [1.54, 1.807) is 6.92 Å². The van der Waals surface area contributed by atoms with Crippen LogP contribution < -0.4 is 5.32 Å². The SMILES string of the molecule is CCOC(=O)CC(N/C(=C/C(=O)OC(C)(C)C)CC)c1ccccc1. The van der Waals surface area contributed by atoms with E-state index in [1.165, 1.54) is 6.08 Å².